The molecule has 0 N–H and O–H groups in total. The zero-order chi connectivity index (χ0) is 20.2. The maximum atomic E-state index is 12.6. The van der Waals surface area contributed by atoms with Crippen molar-refractivity contribution in [3.05, 3.63) is 71.4 Å². The molecular weight excluding hydrogens is 360 g/mol. The van der Waals surface area contributed by atoms with Crippen molar-refractivity contribution in [2.45, 2.75) is 45.6 Å². The highest BCUT2D eigenvalue weighted by atomic mass is 16.5. The van der Waals surface area contributed by atoms with Gasteiger partial charge in [-0.05, 0) is 49.1 Å². The minimum atomic E-state index is 0.131. The molecule has 4 heteroatoms. The van der Waals surface area contributed by atoms with Crippen LogP contribution in [-0.2, 0) is 11.2 Å². The molecule has 1 aliphatic heterocycles. The highest BCUT2D eigenvalue weighted by Crippen LogP contribution is 2.26. The van der Waals surface area contributed by atoms with Gasteiger partial charge in [0.25, 0.3) is 0 Å². The lowest BCUT2D eigenvalue weighted by atomic mass is 10.0. The Morgan fingerprint density at radius 3 is 2.66 bits per heavy atom. The van der Waals surface area contributed by atoms with Gasteiger partial charge in [-0.2, -0.15) is 0 Å². The van der Waals surface area contributed by atoms with Gasteiger partial charge in [0.05, 0.1) is 0 Å². The number of ether oxygens (including phenoxy) is 1. The third-order valence-corrected chi connectivity index (χ3v) is 5.88. The Balaban J connectivity index is 1.29. The van der Waals surface area contributed by atoms with Gasteiger partial charge in [-0.15, -0.1) is 0 Å². The van der Waals surface area contributed by atoms with Crippen molar-refractivity contribution in [1.82, 2.24) is 9.88 Å². The van der Waals surface area contributed by atoms with Crippen molar-refractivity contribution in [3.8, 4) is 5.75 Å². The Morgan fingerprint density at radius 2 is 1.86 bits per heavy atom. The van der Waals surface area contributed by atoms with Gasteiger partial charge in [0.1, 0.15) is 17.4 Å². The van der Waals surface area contributed by atoms with Crippen LogP contribution in [0.15, 0.2) is 54.7 Å². The summed E-state index contributed by atoms with van der Waals surface area (Å²) in [4.78, 5) is 19.1. The monoisotopic (exact) mass is 388 g/mol. The number of pyridine rings is 1. The average molecular weight is 389 g/mol. The molecule has 1 aromatic heterocycles. The van der Waals surface area contributed by atoms with Crippen LogP contribution in [0.4, 0.5) is 0 Å². The van der Waals surface area contributed by atoms with Crippen LogP contribution in [0.25, 0.3) is 10.9 Å². The Hall–Kier alpha value is -2.88. The van der Waals surface area contributed by atoms with E-state index in [2.05, 4.69) is 37.0 Å². The van der Waals surface area contributed by atoms with Crippen molar-refractivity contribution < 1.29 is 9.53 Å². The number of hydrogen-bond donors (Lipinski definition) is 0. The maximum absolute atomic E-state index is 12.6. The molecule has 0 bridgehead atoms. The summed E-state index contributed by atoms with van der Waals surface area (Å²) >= 11 is 0. The lowest BCUT2D eigenvalue weighted by Crippen LogP contribution is -2.41. The van der Waals surface area contributed by atoms with E-state index >= 15 is 0 Å². The molecule has 0 radical (unpaired) electrons. The predicted octanol–water partition coefficient (Wildman–Crippen LogP) is 4.85. The Labute approximate surface area is 172 Å². The molecule has 2 heterocycles. The number of rotatable bonds is 5. The summed E-state index contributed by atoms with van der Waals surface area (Å²) in [7, 11) is 0. The first kappa shape index (κ1) is 19.4. The van der Waals surface area contributed by atoms with Crippen LogP contribution < -0.4 is 4.74 Å². The quantitative estimate of drug-likeness (QED) is 0.627. The molecule has 2 aromatic carbocycles. The highest BCUT2D eigenvalue weighted by molar-refractivity contribution is 5.84. The highest BCUT2D eigenvalue weighted by Gasteiger charge is 2.24. The number of likely N-dealkylation sites (tertiary alicyclic amines) is 1. The summed E-state index contributed by atoms with van der Waals surface area (Å²) in [5.41, 5.74) is 4.73. The fourth-order valence-corrected chi connectivity index (χ4v) is 3.94. The number of amides is 1. The molecular formula is C25H28N2O2. The van der Waals surface area contributed by atoms with Crippen molar-refractivity contribution >= 4 is 16.8 Å². The van der Waals surface area contributed by atoms with E-state index in [-0.39, 0.29) is 12.0 Å². The maximum Gasteiger partial charge on any atom is 0.222 e. The molecule has 1 aliphatic rings. The number of aromatic nitrogens is 1. The van der Waals surface area contributed by atoms with Crippen molar-refractivity contribution in [2.24, 2.45) is 0 Å². The lowest BCUT2D eigenvalue weighted by molar-refractivity contribution is -0.132. The van der Waals surface area contributed by atoms with Crippen molar-refractivity contribution in [1.29, 1.82) is 0 Å². The molecule has 4 nitrogen and oxygen atoms in total. The topological polar surface area (TPSA) is 42.4 Å². The fourth-order valence-electron chi connectivity index (χ4n) is 3.94. The smallest absolute Gasteiger partial charge is 0.222 e. The third-order valence-electron chi connectivity index (χ3n) is 5.88. The van der Waals surface area contributed by atoms with Gasteiger partial charge in [-0.3, -0.25) is 9.78 Å². The lowest BCUT2D eigenvalue weighted by Gasteiger charge is -2.32. The molecule has 4 rings (SSSR count). The second kappa shape index (κ2) is 8.64. The SMILES string of the molecule is Cc1ccc(CCC(=O)N2CCC(Oc3cccc4cccnc34)CC2)cc1C. The van der Waals surface area contributed by atoms with E-state index in [0.717, 1.165) is 49.0 Å². The predicted molar refractivity (Wildman–Crippen MR) is 116 cm³/mol. The van der Waals surface area contributed by atoms with Crippen LogP contribution in [0.2, 0.25) is 0 Å². The van der Waals surface area contributed by atoms with E-state index in [1.54, 1.807) is 6.20 Å². The molecule has 0 atom stereocenters. The Bertz CT molecular complexity index is 1000. The van der Waals surface area contributed by atoms with E-state index in [1.807, 2.05) is 35.2 Å². The molecule has 1 saturated heterocycles. The first-order valence-corrected chi connectivity index (χ1v) is 10.4. The molecule has 29 heavy (non-hydrogen) atoms. The Morgan fingerprint density at radius 1 is 1.07 bits per heavy atom. The minimum absolute atomic E-state index is 0.131. The molecule has 1 fully saturated rings. The zero-order valence-corrected chi connectivity index (χ0v) is 17.2. The Kier molecular flexibility index (Phi) is 5.79. The van der Waals surface area contributed by atoms with Gasteiger partial charge in [0.15, 0.2) is 0 Å². The van der Waals surface area contributed by atoms with E-state index < -0.39 is 0 Å². The van der Waals surface area contributed by atoms with Gasteiger partial charge < -0.3 is 9.64 Å². The molecule has 0 saturated carbocycles. The number of para-hydroxylation sites is 1. The number of hydrogen-bond acceptors (Lipinski definition) is 3. The molecule has 0 unspecified atom stereocenters. The number of benzene rings is 2. The van der Waals surface area contributed by atoms with Gasteiger partial charge >= 0.3 is 0 Å². The zero-order valence-electron chi connectivity index (χ0n) is 17.2. The fraction of sp³-hybridized carbons (Fsp3) is 0.360. The first-order chi connectivity index (χ1) is 14.1. The molecule has 150 valence electrons. The summed E-state index contributed by atoms with van der Waals surface area (Å²) < 4.78 is 6.25. The summed E-state index contributed by atoms with van der Waals surface area (Å²) in [6, 6.07) is 16.5. The van der Waals surface area contributed by atoms with Crippen LogP contribution in [0.3, 0.4) is 0 Å². The largest absolute Gasteiger partial charge is 0.488 e. The van der Waals surface area contributed by atoms with Crippen LogP contribution in [0, 0.1) is 13.8 Å². The number of piperidine rings is 1. The first-order valence-electron chi connectivity index (χ1n) is 10.4. The number of aryl methyl sites for hydroxylation is 3. The minimum Gasteiger partial charge on any atom is -0.488 e. The molecule has 3 aromatic rings. The standard InChI is InChI=1S/C25H28N2O2/c1-18-8-9-20(17-19(18)2)10-11-24(28)27-15-12-22(13-16-27)29-23-7-3-5-21-6-4-14-26-25(21)23/h3-9,14,17,22H,10-13,15-16H2,1-2H3. The van der Waals surface area contributed by atoms with E-state index in [1.165, 1.54) is 16.7 Å². The van der Waals surface area contributed by atoms with Gasteiger partial charge in [0.2, 0.25) is 5.91 Å². The number of carbonyl (C=O) groups is 1. The van der Waals surface area contributed by atoms with Crippen LogP contribution in [-0.4, -0.2) is 35.0 Å². The molecule has 1 amide bonds. The normalized spacial score (nSPS) is 14.9. The van der Waals surface area contributed by atoms with Crippen LogP contribution in [0.5, 0.6) is 5.75 Å². The summed E-state index contributed by atoms with van der Waals surface area (Å²) in [5, 5.41) is 1.09. The second-order valence-electron chi connectivity index (χ2n) is 7.95. The van der Waals surface area contributed by atoms with Gasteiger partial charge in [0, 0.05) is 43.9 Å². The molecule has 0 spiro atoms. The van der Waals surface area contributed by atoms with Crippen molar-refractivity contribution in [3.63, 3.8) is 0 Å². The summed E-state index contributed by atoms with van der Waals surface area (Å²) in [6.07, 6.45) is 5.02. The van der Waals surface area contributed by atoms with Crippen molar-refractivity contribution in [2.75, 3.05) is 13.1 Å². The summed E-state index contributed by atoms with van der Waals surface area (Å²) in [5.74, 6) is 1.08. The van der Waals surface area contributed by atoms with E-state index in [0.29, 0.717) is 6.42 Å². The van der Waals surface area contributed by atoms with E-state index in [9.17, 15) is 4.79 Å². The van der Waals surface area contributed by atoms with E-state index in [4.69, 9.17) is 4.74 Å². The number of carbonyl (C=O) groups excluding carboxylic acids is 1. The number of fused-ring (bicyclic) bond motifs is 1. The number of nitrogens with zero attached hydrogens (tertiary/aromatic N) is 2. The average Bonchev–Trinajstić information content (AvgIpc) is 2.75. The third kappa shape index (κ3) is 4.58. The van der Waals surface area contributed by atoms with Gasteiger partial charge in [-0.25, -0.2) is 0 Å². The van der Waals surface area contributed by atoms with Gasteiger partial charge in [-0.1, -0.05) is 36.4 Å². The van der Waals surface area contributed by atoms with Crippen LogP contribution >= 0.6 is 0 Å². The second-order valence-corrected chi connectivity index (χ2v) is 7.95. The molecule has 0 aliphatic carbocycles. The summed E-state index contributed by atoms with van der Waals surface area (Å²) in [6.45, 7) is 5.75. The van der Waals surface area contributed by atoms with Crippen LogP contribution in [0.1, 0.15) is 36.0 Å².